The fourth-order valence-corrected chi connectivity index (χ4v) is 6.67. The average Bonchev–Trinajstić information content (AvgIpc) is 2.64. The molecule has 5 aliphatic rings. The lowest BCUT2D eigenvalue weighted by Gasteiger charge is -2.71. The molecule has 3 aliphatic carbocycles. The van der Waals surface area contributed by atoms with Gasteiger partial charge in [0.05, 0.1) is 29.1 Å². The van der Waals surface area contributed by atoms with Crippen LogP contribution in [0.2, 0.25) is 5.02 Å². The van der Waals surface area contributed by atoms with Crippen LogP contribution in [-0.2, 0) is 26.2 Å². The number of fused-ring (bicyclic) bond motifs is 1. The molecule has 1 aromatic carbocycles. The minimum absolute atomic E-state index is 0.0588. The Hall–Kier alpha value is -1.85. The lowest BCUT2D eigenvalue weighted by molar-refractivity contribution is -0.224. The highest BCUT2D eigenvalue weighted by atomic mass is 35.5. The van der Waals surface area contributed by atoms with Gasteiger partial charge in [0.15, 0.2) is 0 Å². The van der Waals surface area contributed by atoms with Gasteiger partial charge < -0.3 is 14.7 Å². The summed E-state index contributed by atoms with van der Waals surface area (Å²) in [7, 11) is 0. The molecule has 2 atom stereocenters. The average molecular weight is 472 g/mol. The molecule has 3 saturated carbocycles. The molecule has 1 aromatic rings. The molecule has 1 N–H and O–H groups in total. The van der Waals surface area contributed by atoms with Gasteiger partial charge in [-0.1, -0.05) is 44.5 Å². The Morgan fingerprint density at radius 1 is 1.27 bits per heavy atom. The van der Waals surface area contributed by atoms with Crippen LogP contribution in [0.4, 0.5) is 0 Å². The third kappa shape index (κ3) is 3.54. The van der Waals surface area contributed by atoms with Gasteiger partial charge in [-0.05, 0) is 73.6 Å². The molecule has 0 aromatic heterocycles. The maximum Gasteiger partial charge on any atom is 0.309 e. The summed E-state index contributed by atoms with van der Waals surface area (Å²) in [6.45, 7) is 9.22. The number of aryl methyl sites for hydroxylation is 1. The zero-order valence-electron chi connectivity index (χ0n) is 20.0. The first kappa shape index (κ1) is 22.9. The second kappa shape index (κ2) is 7.32. The summed E-state index contributed by atoms with van der Waals surface area (Å²) in [5.41, 5.74) is 2.21. The second-order valence-corrected chi connectivity index (χ2v) is 12.6. The van der Waals surface area contributed by atoms with E-state index in [-0.39, 0.29) is 23.0 Å². The van der Waals surface area contributed by atoms with Gasteiger partial charge in [0.1, 0.15) is 0 Å². The van der Waals surface area contributed by atoms with Crippen molar-refractivity contribution in [2.24, 2.45) is 10.8 Å². The van der Waals surface area contributed by atoms with Crippen LogP contribution in [0.3, 0.4) is 0 Å². The predicted molar refractivity (Wildman–Crippen MR) is 127 cm³/mol. The minimum atomic E-state index is -0.725. The van der Waals surface area contributed by atoms with Crippen LogP contribution >= 0.6 is 11.6 Å². The van der Waals surface area contributed by atoms with E-state index in [4.69, 9.17) is 16.3 Å². The first-order chi connectivity index (χ1) is 15.4. The number of carbonyl (C=O) groups is 2. The van der Waals surface area contributed by atoms with E-state index in [9.17, 15) is 14.7 Å². The predicted octanol–water partition coefficient (Wildman–Crippen LogP) is 5.49. The Balaban J connectivity index is 1.45. The second-order valence-electron chi connectivity index (χ2n) is 12.2. The molecule has 33 heavy (non-hydrogen) atoms. The van der Waals surface area contributed by atoms with E-state index in [1.54, 1.807) is 0 Å². The monoisotopic (exact) mass is 471 g/mol. The maximum atomic E-state index is 13.5. The number of ether oxygens (including phenoxy) is 1. The van der Waals surface area contributed by atoms with E-state index in [0.717, 1.165) is 35.4 Å². The highest BCUT2D eigenvalue weighted by Gasteiger charge is 2.75. The Morgan fingerprint density at radius 3 is 2.58 bits per heavy atom. The largest absolute Gasteiger partial charge is 0.481 e. The summed E-state index contributed by atoms with van der Waals surface area (Å²) >= 11 is 6.74. The molecule has 0 radical (unpaired) electrons. The normalized spacial score (nSPS) is 35.3. The van der Waals surface area contributed by atoms with Gasteiger partial charge >= 0.3 is 5.97 Å². The van der Waals surface area contributed by atoms with Crippen LogP contribution in [0.25, 0.3) is 0 Å². The first-order valence-corrected chi connectivity index (χ1v) is 12.4. The molecule has 6 heteroatoms. The Bertz CT molecular complexity index is 1030. The van der Waals surface area contributed by atoms with Crippen molar-refractivity contribution >= 4 is 23.5 Å². The van der Waals surface area contributed by atoms with Gasteiger partial charge in [0, 0.05) is 17.6 Å². The number of benzene rings is 1. The first-order valence-electron chi connectivity index (χ1n) is 12.1. The van der Waals surface area contributed by atoms with Crippen molar-refractivity contribution in [3.05, 3.63) is 46.1 Å². The lowest BCUT2D eigenvalue weighted by atomic mass is 9.38. The molecule has 6 rings (SSSR count). The molecule has 0 spiro atoms. The molecule has 2 heterocycles. The molecule has 1 saturated heterocycles. The van der Waals surface area contributed by atoms with E-state index in [1.165, 1.54) is 5.57 Å². The summed E-state index contributed by atoms with van der Waals surface area (Å²) in [5.74, 6) is -0.666. The zero-order chi connectivity index (χ0) is 23.8. The van der Waals surface area contributed by atoms with E-state index >= 15 is 0 Å². The zero-order valence-corrected chi connectivity index (χ0v) is 20.8. The van der Waals surface area contributed by atoms with Crippen LogP contribution in [0.5, 0.6) is 0 Å². The van der Waals surface area contributed by atoms with Crippen molar-refractivity contribution in [1.82, 2.24) is 4.90 Å². The van der Waals surface area contributed by atoms with Crippen LogP contribution in [-0.4, -0.2) is 40.1 Å². The quantitative estimate of drug-likeness (QED) is 0.616. The SMILES string of the molecule is C[C@@H]1CC2=CN(C34CC(C(=O)O)(C3)C4)C(=O)CC2(c2ccc(CCC(C)(C)C)c(Cl)c2)CO1. The molecule has 1 amide bonds. The molecule has 2 aliphatic heterocycles. The topological polar surface area (TPSA) is 66.8 Å². The standard InChI is InChI=1S/C27H34ClNO4/c1-17-9-20-12-29(26-13-25(14-26,15-26)23(31)32)22(30)11-27(20,16-33-17)19-6-5-18(21(28)10-19)7-8-24(2,3)4/h5-6,10,12,17H,7-9,11,13-16H2,1-4H3,(H,31,32)/t17-,25?,26?,27?/m1/s1. The number of hydrogen-bond acceptors (Lipinski definition) is 3. The summed E-state index contributed by atoms with van der Waals surface area (Å²) in [6.07, 6.45) is 6.90. The van der Waals surface area contributed by atoms with E-state index in [1.807, 2.05) is 17.2 Å². The number of carboxylic acid groups (broad SMARTS) is 1. The molecular weight excluding hydrogens is 438 g/mol. The summed E-state index contributed by atoms with van der Waals surface area (Å²) < 4.78 is 6.10. The van der Waals surface area contributed by atoms with Crippen molar-refractivity contribution in [1.29, 1.82) is 0 Å². The number of halogens is 1. The number of amides is 1. The van der Waals surface area contributed by atoms with Crippen molar-refractivity contribution in [2.45, 2.75) is 89.7 Å². The van der Waals surface area contributed by atoms with Gasteiger partial charge in [-0.3, -0.25) is 9.59 Å². The van der Waals surface area contributed by atoms with E-state index in [2.05, 4.69) is 39.8 Å². The van der Waals surface area contributed by atoms with Crippen LogP contribution in [0, 0.1) is 10.8 Å². The highest BCUT2D eigenvalue weighted by Crippen LogP contribution is 2.70. The van der Waals surface area contributed by atoms with Gasteiger partial charge in [0.2, 0.25) is 5.91 Å². The molecule has 5 nitrogen and oxygen atoms in total. The van der Waals surface area contributed by atoms with E-state index in [0.29, 0.717) is 32.3 Å². The molecule has 1 unspecified atom stereocenters. The fourth-order valence-electron chi connectivity index (χ4n) is 6.40. The van der Waals surface area contributed by atoms with Gasteiger partial charge in [-0.25, -0.2) is 0 Å². The Kier molecular flexibility index (Phi) is 5.09. The van der Waals surface area contributed by atoms with Crippen LogP contribution < -0.4 is 0 Å². The number of carbonyl (C=O) groups excluding carboxylic acids is 1. The fraction of sp³-hybridized carbons (Fsp3) is 0.630. The van der Waals surface area contributed by atoms with Gasteiger partial charge in [0.25, 0.3) is 0 Å². The number of aliphatic carboxylic acids is 1. The van der Waals surface area contributed by atoms with E-state index < -0.39 is 16.8 Å². The molecule has 4 fully saturated rings. The smallest absolute Gasteiger partial charge is 0.309 e. The lowest BCUT2D eigenvalue weighted by Crippen LogP contribution is -2.77. The Labute approximate surface area is 201 Å². The summed E-state index contributed by atoms with van der Waals surface area (Å²) in [4.78, 5) is 26.9. The minimum Gasteiger partial charge on any atom is -0.481 e. The van der Waals surface area contributed by atoms with Crippen LogP contribution in [0.15, 0.2) is 30.0 Å². The molecular formula is C27H34ClNO4. The van der Waals surface area contributed by atoms with Crippen molar-refractivity contribution < 1.29 is 19.4 Å². The van der Waals surface area contributed by atoms with Crippen molar-refractivity contribution in [3.8, 4) is 0 Å². The van der Waals surface area contributed by atoms with Crippen molar-refractivity contribution in [2.75, 3.05) is 6.61 Å². The molecule has 178 valence electrons. The Morgan fingerprint density at radius 2 is 1.97 bits per heavy atom. The van der Waals surface area contributed by atoms with Gasteiger partial charge in [-0.2, -0.15) is 0 Å². The number of nitrogens with zero attached hydrogens (tertiary/aromatic N) is 1. The number of carboxylic acids is 1. The van der Waals surface area contributed by atoms with Crippen LogP contribution in [0.1, 0.15) is 77.3 Å². The third-order valence-corrected chi connectivity index (χ3v) is 8.81. The maximum absolute atomic E-state index is 13.5. The number of hydrogen-bond donors (Lipinski definition) is 1. The third-order valence-electron chi connectivity index (χ3n) is 8.46. The summed E-state index contributed by atoms with van der Waals surface area (Å²) in [6, 6.07) is 6.28. The number of rotatable bonds is 5. The molecule has 2 bridgehead atoms. The van der Waals surface area contributed by atoms with Gasteiger partial charge in [-0.15, -0.1) is 0 Å². The summed E-state index contributed by atoms with van der Waals surface area (Å²) in [5, 5.41) is 10.3. The highest BCUT2D eigenvalue weighted by molar-refractivity contribution is 6.31. The van der Waals surface area contributed by atoms with Crippen molar-refractivity contribution in [3.63, 3.8) is 0 Å².